The summed E-state index contributed by atoms with van der Waals surface area (Å²) in [6.45, 7) is 3.64. The van der Waals surface area contributed by atoms with Crippen LogP contribution in [0.5, 0.6) is 0 Å². The van der Waals surface area contributed by atoms with Gasteiger partial charge in [0.1, 0.15) is 6.61 Å². The largest absolute Gasteiger partial charge is 0.472 e. The van der Waals surface area contributed by atoms with Gasteiger partial charge in [0, 0.05) is 20.0 Å². The van der Waals surface area contributed by atoms with Crippen molar-refractivity contribution < 1.29 is 37.6 Å². The quantitative estimate of drug-likeness (QED) is 0.0334. The highest BCUT2D eigenvalue weighted by Gasteiger charge is 2.24. The fraction of sp³-hybridized carbons (Fsp3) is 0.632. The fourth-order valence-corrected chi connectivity index (χ4v) is 4.69. The van der Waals surface area contributed by atoms with Gasteiger partial charge in [-0.05, 0) is 70.6 Å². The Kier molecular flexibility index (Phi) is 31.6. The lowest BCUT2D eigenvalue weighted by molar-refractivity contribution is -0.161. The number of esters is 2. The summed E-state index contributed by atoms with van der Waals surface area (Å²) >= 11 is 0. The molecule has 47 heavy (non-hydrogen) atoms. The third-order valence-corrected chi connectivity index (χ3v) is 7.88. The molecule has 0 rings (SSSR count). The zero-order valence-electron chi connectivity index (χ0n) is 29.4. The molecule has 9 heteroatoms. The Morgan fingerprint density at radius 1 is 0.617 bits per heavy atom. The Bertz CT molecular complexity index is 996. The van der Waals surface area contributed by atoms with Crippen molar-refractivity contribution in [3.63, 3.8) is 0 Å². The van der Waals surface area contributed by atoms with Gasteiger partial charge in [0.25, 0.3) is 0 Å². The molecule has 0 fully saturated rings. The maximum absolute atomic E-state index is 12.4. The summed E-state index contributed by atoms with van der Waals surface area (Å²) < 4.78 is 31.7. The summed E-state index contributed by atoms with van der Waals surface area (Å²) in [4.78, 5) is 34.2. The van der Waals surface area contributed by atoms with Gasteiger partial charge in [-0.1, -0.05) is 119 Å². The van der Waals surface area contributed by atoms with E-state index in [1.165, 1.54) is 25.7 Å². The van der Waals surface area contributed by atoms with E-state index < -0.39 is 32.5 Å². The van der Waals surface area contributed by atoms with Crippen LogP contribution in [0, 0.1) is 0 Å². The topological polar surface area (TPSA) is 108 Å². The summed E-state index contributed by atoms with van der Waals surface area (Å²) in [7, 11) is -3.24. The summed E-state index contributed by atoms with van der Waals surface area (Å²) in [6.07, 6.45) is 41.1. The van der Waals surface area contributed by atoms with Crippen LogP contribution in [0.15, 0.2) is 72.9 Å². The zero-order valence-corrected chi connectivity index (χ0v) is 30.3. The van der Waals surface area contributed by atoms with Crippen molar-refractivity contribution in [2.45, 2.75) is 136 Å². The lowest BCUT2D eigenvalue weighted by atomic mass is 10.1. The van der Waals surface area contributed by atoms with Crippen molar-refractivity contribution in [2.24, 2.45) is 0 Å². The molecule has 0 radical (unpaired) electrons. The van der Waals surface area contributed by atoms with Crippen LogP contribution in [0.3, 0.4) is 0 Å². The molecule has 0 aromatic heterocycles. The fourth-order valence-electron chi connectivity index (χ4n) is 4.23. The van der Waals surface area contributed by atoms with Crippen molar-refractivity contribution in [1.82, 2.24) is 0 Å². The van der Waals surface area contributed by atoms with Crippen LogP contribution < -0.4 is 0 Å². The zero-order chi connectivity index (χ0) is 34.7. The van der Waals surface area contributed by atoms with E-state index in [1.807, 2.05) is 12.2 Å². The summed E-state index contributed by atoms with van der Waals surface area (Å²) in [5.74, 6) is -0.925. The summed E-state index contributed by atoms with van der Waals surface area (Å²) in [6, 6.07) is 0. The first-order valence-electron chi connectivity index (χ1n) is 17.6. The number of ether oxygens (including phenoxy) is 2. The Morgan fingerprint density at radius 3 is 1.70 bits per heavy atom. The second-order valence-electron chi connectivity index (χ2n) is 11.3. The van der Waals surface area contributed by atoms with Crippen LogP contribution in [0.1, 0.15) is 129 Å². The molecule has 0 aliphatic rings. The van der Waals surface area contributed by atoms with Crippen molar-refractivity contribution >= 4 is 19.8 Å². The van der Waals surface area contributed by atoms with Crippen molar-refractivity contribution in [3.8, 4) is 0 Å². The molecule has 2 atom stereocenters. The molecule has 0 heterocycles. The average molecular weight is 679 g/mol. The second-order valence-corrected chi connectivity index (χ2v) is 12.8. The number of unbranched alkanes of at least 4 members (excludes halogenated alkanes) is 8. The van der Waals surface area contributed by atoms with Gasteiger partial charge in [0.2, 0.25) is 0 Å². The van der Waals surface area contributed by atoms with Gasteiger partial charge < -0.3 is 14.4 Å². The minimum absolute atomic E-state index is 0.117. The first-order chi connectivity index (χ1) is 22.8. The molecule has 0 spiro atoms. The second kappa shape index (κ2) is 33.4. The third-order valence-electron chi connectivity index (χ3n) is 6.95. The SMILES string of the molecule is CC/C=C\C/C=C\C/C=C\C/C=C\CCC(=O)OC(COC(=O)CCCCCCC/C=C\C/C=C\CCCCC)COP(=O)(O)OC. The van der Waals surface area contributed by atoms with E-state index in [1.54, 1.807) is 0 Å². The molecule has 8 nitrogen and oxygen atoms in total. The maximum atomic E-state index is 12.4. The van der Waals surface area contributed by atoms with E-state index in [-0.39, 0.29) is 19.4 Å². The van der Waals surface area contributed by atoms with Gasteiger partial charge >= 0.3 is 19.8 Å². The van der Waals surface area contributed by atoms with E-state index >= 15 is 0 Å². The smallest absolute Gasteiger partial charge is 0.462 e. The predicted molar refractivity (Wildman–Crippen MR) is 193 cm³/mol. The van der Waals surface area contributed by atoms with Crippen LogP contribution in [-0.2, 0) is 32.7 Å². The van der Waals surface area contributed by atoms with Crippen LogP contribution in [0.4, 0.5) is 0 Å². The highest BCUT2D eigenvalue weighted by molar-refractivity contribution is 7.47. The summed E-state index contributed by atoms with van der Waals surface area (Å²) in [5.41, 5.74) is 0. The van der Waals surface area contributed by atoms with E-state index in [4.69, 9.17) is 14.0 Å². The number of rotatable bonds is 31. The highest BCUT2D eigenvalue weighted by Crippen LogP contribution is 2.42. The van der Waals surface area contributed by atoms with Crippen LogP contribution in [0.25, 0.3) is 0 Å². The summed E-state index contributed by atoms with van der Waals surface area (Å²) in [5, 5.41) is 0. The van der Waals surface area contributed by atoms with Gasteiger partial charge in [0.15, 0.2) is 6.10 Å². The molecule has 0 aromatic rings. The van der Waals surface area contributed by atoms with Crippen LogP contribution >= 0.6 is 7.82 Å². The van der Waals surface area contributed by atoms with Crippen LogP contribution in [0.2, 0.25) is 0 Å². The van der Waals surface area contributed by atoms with E-state index in [2.05, 4.69) is 79.1 Å². The lowest BCUT2D eigenvalue weighted by Gasteiger charge is -2.19. The number of allylic oxidation sites excluding steroid dienone is 12. The molecule has 0 aliphatic carbocycles. The Balaban J connectivity index is 4.24. The van der Waals surface area contributed by atoms with E-state index in [0.717, 1.165) is 71.3 Å². The van der Waals surface area contributed by atoms with E-state index in [0.29, 0.717) is 12.8 Å². The number of phosphoric acid groups is 1. The lowest BCUT2D eigenvalue weighted by Crippen LogP contribution is -2.29. The van der Waals surface area contributed by atoms with Gasteiger partial charge in [-0.2, -0.15) is 0 Å². The molecule has 0 bridgehead atoms. The molecule has 2 unspecified atom stereocenters. The Morgan fingerprint density at radius 2 is 1.13 bits per heavy atom. The normalized spacial score (nSPS) is 14.4. The number of phosphoric ester groups is 1. The minimum Gasteiger partial charge on any atom is -0.462 e. The third kappa shape index (κ3) is 33.2. The van der Waals surface area contributed by atoms with Crippen molar-refractivity contribution in [1.29, 1.82) is 0 Å². The van der Waals surface area contributed by atoms with Gasteiger partial charge in [0.05, 0.1) is 6.61 Å². The van der Waals surface area contributed by atoms with Gasteiger partial charge in [-0.15, -0.1) is 0 Å². The molecular weight excluding hydrogens is 615 g/mol. The molecule has 0 amide bonds. The van der Waals surface area contributed by atoms with Crippen LogP contribution in [-0.4, -0.2) is 43.3 Å². The Hall–Kier alpha value is -2.51. The molecule has 0 aromatic carbocycles. The van der Waals surface area contributed by atoms with Crippen molar-refractivity contribution in [2.75, 3.05) is 20.3 Å². The number of carbonyl (C=O) groups excluding carboxylic acids is 2. The first kappa shape index (κ1) is 44.5. The molecule has 268 valence electrons. The Labute approximate surface area is 285 Å². The van der Waals surface area contributed by atoms with Gasteiger partial charge in [-0.25, -0.2) is 4.57 Å². The number of hydrogen-bond donors (Lipinski definition) is 1. The number of carbonyl (C=O) groups is 2. The maximum Gasteiger partial charge on any atom is 0.472 e. The molecule has 0 saturated heterocycles. The molecule has 0 saturated carbocycles. The number of hydrogen-bond acceptors (Lipinski definition) is 7. The van der Waals surface area contributed by atoms with Crippen molar-refractivity contribution in [3.05, 3.63) is 72.9 Å². The average Bonchev–Trinajstić information content (AvgIpc) is 3.06. The first-order valence-corrected chi connectivity index (χ1v) is 19.1. The monoisotopic (exact) mass is 678 g/mol. The molecular formula is C38H63O8P. The minimum atomic E-state index is -4.28. The predicted octanol–water partition coefficient (Wildman–Crippen LogP) is 10.6. The molecule has 0 aliphatic heterocycles. The standard InChI is InChI=1S/C38H63O8P/c1-4-6-8-10-12-14-16-18-19-21-22-24-26-28-30-32-37(39)44-34-36(35-45-47(41,42)43-3)46-38(40)33-31-29-27-25-23-20-17-15-13-11-9-7-5-2/h7,9,12-15,18-20,23,27,29,36H,4-6,8,10-11,16-17,21-22,24-26,28,30-35H2,1-3H3,(H,41,42)/b9-7-,14-12-,15-13-,19-18-,23-20-,29-27-. The van der Waals surface area contributed by atoms with Gasteiger partial charge in [-0.3, -0.25) is 18.6 Å². The van der Waals surface area contributed by atoms with E-state index in [9.17, 15) is 19.0 Å². The molecule has 1 N–H and O–H groups in total. The highest BCUT2D eigenvalue weighted by atomic mass is 31.2.